The van der Waals surface area contributed by atoms with Gasteiger partial charge in [-0.05, 0) is 30.9 Å². The second-order valence-corrected chi connectivity index (χ2v) is 9.17. The van der Waals surface area contributed by atoms with Crippen LogP contribution in [0.5, 0.6) is 5.75 Å². The van der Waals surface area contributed by atoms with Gasteiger partial charge in [0.2, 0.25) is 11.8 Å². The molecule has 0 unspecified atom stereocenters. The van der Waals surface area contributed by atoms with Crippen molar-refractivity contribution in [1.29, 1.82) is 0 Å². The molecule has 2 aromatic heterocycles. The van der Waals surface area contributed by atoms with E-state index >= 15 is 0 Å². The van der Waals surface area contributed by atoms with Gasteiger partial charge in [-0.25, -0.2) is 19.7 Å². The molecule has 2 atom stereocenters. The minimum absolute atomic E-state index is 0.0895. The number of H-pyrrole nitrogens is 1. The van der Waals surface area contributed by atoms with Gasteiger partial charge in [-0.1, -0.05) is 12.1 Å². The van der Waals surface area contributed by atoms with Gasteiger partial charge < -0.3 is 35.7 Å². The maximum atomic E-state index is 13.1. The van der Waals surface area contributed by atoms with E-state index in [1.165, 1.54) is 11.2 Å². The minimum atomic E-state index is -1.39. The quantitative estimate of drug-likeness (QED) is 0.342. The number of aromatic nitrogens is 4. The van der Waals surface area contributed by atoms with Crippen LogP contribution in [0, 0.1) is 0 Å². The molecule has 0 saturated carbocycles. The van der Waals surface area contributed by atoms with Crippen molar-refractivity contribution in [2.45, 2.75) is 44.3 Å². The fraction of sp³-hybridized carbons (Fsp3) is 0.417. The van der Waals surface area contributed by atoms with Crippen LogP contribution in [0.1, 0.15) is 30.4 Å². The first-order valence-corrected chi connectivity index (χ1v) is 12.1. The number of nitrogens with two attached hydrogens (primary N) is 1. The van der Waals surface area contributed by atoms with Gasteiger partial charge in [-0.3, -0.25) is 9.59 Å². The molecule has 1 saturated heterocycles. The minimum Gasteiger partial charge on any atom is -0.491 e. The van der Waals surface area contributed by atoms with Crippen molar-refractivity contribution in [3.63, 3.8) is 0 Å². The molecular weight excluding hydrogens is 480 g/mol. The molecule has 5 rings (SSSR count). The van der Waals surface area contributed by atoms with Gasteiger partial charge in [0.1, 0.15) is 30.2 Å². The molecule has 13 nitrogen and oxygen atoms in total. The number of amides is 3. The van der Waals surface area contributed by atoms with E-state index in [1.807, 2.05) is 18.2 Å². The molecule has 0 radical (unpaired) electrons. The number of benzene rings is 1. The van der Waals surface area contributed by atoms with Crippen LogP contribution in [-0.2, 0) is 22.6 Å². The highest BCUT2D eigenvalue weighted by Gasteiger charge is 2.32. The highest BCUT2D eigenvalue weighted by atomic mass is 16.5. The Balaban J connectivity index is 1.31. The number of primary amides is 1. The largest absolute Gasteiger partial charge is 0.491 e. The van der Waals surface area contributed by atoms with Crippen LogP contribution in [0.15, 0.2) is 30.9 Å². The van der Waals surface area contributed by atoms with Crippen LogP contribution in [0.4, 0.5) is 10.6 Å². The van der Waals surface area contributed by atoms with E-state index in [0.717, 1.165) is 41.8 Å². The lowest BCUT2D eigenvalue weighted by Crippen LogP contribution is -2.51. The number of carbonyl (C=O) groups is 3. The molecule has 194 valence electrons. The summed E-state index contributed by atoms with van der Waals surface area (Å²) in [5.74, 6) is 0.198. The molecule has 2 aliphatic rings. The number of carboxylic acid groups (broad SMARTS) is 1. The normalized spacial score (nSPS) is 17.9. The first kappa shape index (κ1) is 24.3. The molecule has 3 amide bonds. The molecule has 13 heteroatoms. The van der Waals surface area contributed by atoms with E-state index in [0.29, 0.717) is 31.0 Å². The first-order chi connectivity index (χ1) is 17.9. The Hall–Kier alpha value is -4.42. The van der Waals surface area contributed by atoms with Gasteiger partial charge in [0, 0.05) is 25.2 Å². The summed E-state index contributed by atoms with van der Waals surface area (Å²) in [4.78, 5) is 55.5. The maximum Gasteiger partial charge on any atom is 0.405 e. The number of fused-ring (bicyclic) bond motifs is 2. The average Bonchev–Trinajstić information content (AvgIpc) is 3.55. The van der Waals surface area contributed by atoms with Crippen LogP contribution in [-0.4, -0.2) is 79.6 Å². The van der Waals surface area contributed by atoms with Crippen LogP contribution < -0.4 is 20.7 Å². The summed E-state index contributed by atoms with van der Waals surface area (Å²) in [5.41, 5.74) is 8.58. The Labute approximate surface area is 212 Å². The third-order valence-electron chi connectivity index (χ3n) is 6.82. The number of aromatic amines is 1. The summed E-state index contributed by atoms with van der Waals surface area (Å²) in [7, 11) is 0. The van der Waals surface area contributed by atoms with Crippen molar-refractivity contribution in [2.75, 3.05) is 24.6 Å². The number of hydrogen-bond acceptors (Lipinski definition) is 8. The summed E-state index contributed by atoms with van der Waals surface area (Å²) < 4.78 is 6.32. The van der Waals surface area contributed by atoms with Gasteiger partial charge >= 0.3 is 6.09 Å². The number of rotatable bonds is 8. The van der Waals surface area contributed by atoms with Gasteiger partial charge in [0.05, 0.1) is 18.8 Å². The number of anilines is 1. The second kappa shape index (κ2) is 10.3. The zero-order valence-electron chi connectivity index (χ0n) is 20.1. The lowest BCUT2D eigenvalue weighted by molar-refractivity contribution is -0.136. The number of nitrogens with one attached hydrogen (secondary N) is 2. The van der Waals surface area contributed by atoms with Gasteiger partial charge in [0.15, 0.2) is 11.5 Å². The Morgan fingerprint density at radius 2 is 2.11 bits per heavy atom. The molecule has 5 N–H and O–H groups in total. The Kier molecular flexibility index (Phi) is 6.75. The molecule has 1 fully saturated rings. The average molecular weight is 509 g/mol. The van der Waals surface area contributed by atoms with Crippen LogP contribution in [0.3, 0.4) is 0 Å². The van der Waals surface area contributed by atoms with Gasteiger partial charge in [-0.2, -0.15) is 0 Å². The Bertz CT molecular complexity index is 1310. The fourth-order valence-corrected chi connectivity index (χ4v) is 5.08. The van der Waals surface area contributed by atoms with E-state index in [4.69, 9.17) is 15.6 Å². The van der Waals surface area contributed by atoms with E-state index in [1.54, 1.807) is 6.33 Å². The van der Waals surface area contributed by atoms with E-state index < -0.39 is 30.4 Å². The van der Waals surface area contributed by atoms with Crippen molar-refractivity contribution >= 4 is 34.9 Å². The topological polar surface area (TPSA) is 180 Å². The predicted molar refractivity (Wildman–Crippen MR) is 132 cm³/mol. The predicted octanol–water partition coefficient (Wildman–Crippen LogP) is 0.797. The zero-order valence-corrected chi connectivity index (χ0v) is 20.1. The first-order valence-electron chi connectivity index (χ1n) is 12.1. The Morgan fingerprint density at radius 3 is 2.92 bits per heavy atom. The molecule has 0 spiro atoms. The monoisotopic (exact) mass is 508 g/mol. The second-order valence-electron chi connectivity index (χ2n) is 9.17. The van der Waals surface area contributed by atoms with Crippen molar-refractivity contribution in [3.05, 3.63) is 42.0 Å². The van der Waals surface area contributed by atoms with Crippen LogP contribution >= 0.6 is 0 Å². The fourth-order valence-electron chi connectivity index (χ4n) is 5.08. The third-order valence-corrected chi connectivity index (χ3v) is 6.82. The number of carbonyl (C=O) groups excluding carboxylic acids is 2. The van der Waals surface area contributed by atoms with Crippen LogP contribution in [0.2, 0.25) is 0 Å². The lowest BCUT2D eigenvalue weighted by atomic mass is 9.98. The highest BCUT2D eigenvalue weighted by molar-refractivity contribution is 5.90. The standard InChI is InChI=1S/C24H28N8O5/c25-19(33)9-17(30-24(35)36)23(34)31-8-6-14-3-1-5-18(16(14)10-31)37-11-15-4-2-7-32(15)22-20-21(27-12-26-20)28-13-29-22/h1,3,5,12-13,15,17,30H,2,4,6-11H2,(H2,25,33)(H,35,36)(H,26,27,28,29)/t15-,17-/m1/s1. The smallest absolute Gasteiger partial charge is 0.405 e. The lowest BCUT2D eigenvalue weighted by Gasteiger charge is -2.33. The molecule has 2 aliphatic heterocycles. The van der Waals surface area contributed by atoms with Gasteiger partial charge in [0.25, 0.3) is 0 Å². The number of nitrogens with zero attached hydrogens (tertiary/aromatic N) is 5. The number of imidazole rings is 1. The molecule has 0 bridgehead atoms. The summed E-state index contributed by atoms with van der Waals surface area (Å²) >= 11 is 0. The summed E-state index contributed by atoms with van der Waals surface area (Å²) in [6.45, 7) is 1.90. The number of ether oxygens (including phenoxy) is 1. The summed E-state index contributed by atoms with van der Waals surface area (Å²) in [5, 5.41) is 11.2. The molecule has 3 aromatic rings. The zero-order chi connectivity index (χ0) is 25.9. The van der Waals surface area contributed by atoms with Gasteiger partial charge in [-0.15, -0.1) is 0 Å². The summed E-state index contributed by atoms with van der Waals surface area (Å²) in [6.07, 6.45) is 3.85. The highest BCUT2D eigenvalue weighted by Crippen LogP contribution is 2.31. The molecule has 4 heterocycles. The van der Waals surface area contributed by atoms with Crippen molar-refractivity contribution in [1.82, 2.24) is 30.2 Å². The molecular formula is C24H28N8O5. The summed E-state index contributed by atoms with van der Waals surface area (Å²) in [6, 6.07) is 4.66. The van der Waals surface area contributed by atoms with Crippen molar-refractivity contribution in [2.24, 2.45) is 5.73 Å². The molecule has 1 aromatic carbocycles. The van der Waals surface area contributed by atoms with E-state index in [-0.39, 0.29) is 12.6 Å². The van der Waals surface area contributed by atoms with E-state index in [2.05, 4.69) is 30.2 Å². The number of hydrogen-bond donors (Lipinski definition) is 4. The third kappa shape index (κ3) is 5.10. The maximum absolute atomic E-state index is 13.1. The van der Waals surface area contributed by atoms with Crippen LogP contribution in [0.25, 0.3) is 11.2 Å². The van der Waals surface area contributed by atoms with E-state index in [9.17, 15) is 14.4 Å². The van der Waals surface area contributed by atoms with Crippen molar-refractivity contribution in [3.8, 4) is 5.75 Å². The Morgan fingerprint density at radius 1 is 1.24 bits per heavy atom. The SMILES string of the molecule is NC(=O)C[C@@H](NC(=O)O)C(=O)N1CCc2cccc(OC[C@H]3CCCN3c3ncnc4[nH]cnc34)c2C1. The molecule has 0 aliphatic carbocycles. The van der Waals surface area contributed by atoms with Crippen molar-refractivity contribution < 1.29 is 24.2 Å². The molecule has 37 heavy (non-hydrogen) atoms.